The SMILES string of the molecule is CCNC(CCC1CC1)C1CN(C(C)C)CCO1. The van der Waals surface area contributed by atoms with E-state index in [1.807, 2.05) is 0 Å². The van der Waals surface area contributed by atoms with Crippen molar-refractivity contribution < 1.29 is 4.74 Å². The molecule has 2 rings (SSSR count). The van der Waals surface area contributed by atoms with Gasteiger partial charge in [-0.1, -0.05) is 19.8 Å². The standard InChI is InChI=1S/C15H30N2O/c1-4-16-14(8-7-13-5-6-13)15-11-17(12(2)3)9-10-18-15/h12-16H,4-11H2,1-3H3. The summed E-state index contributed by atoms with van der Waals surface area (Å²) in [6, 6.07) is 1.19. The van der Waals surface area contributed by atoms with E-state index in [2.05, 4.69) is 31.0 Å². The zero-order valence-electron chi connectivity index (χ0n) is 12.3. The predicted octanol–water partition coefficient (Wildman–Crippen LogP) is 2.26. The molecule has 2 unspecified atom stereocenters. The third-order valence-corrected chi connectivity index (χ3v) is 4.35. The van der Waals surface area contributed by atoms with Crippen molar-refractivity contribution in [3.63, 3.8) is 0 Å². The third-order valence-electron chi connectivity index (χ3n) is 4.35. The molecule has 0 aromatic heterocycles. The van der Waals surface area contributed by atoms with Crippen LogP contribution in [-0.4, -0.2) is 49.3 Å². The van der Waals surface area contributed by atoms with Crippen LogP contribution in [0.2, 0.25) is 0 Å². The Labute approximate surface area is 112 Å². The Balaban J connectivity index is 1.82. The van der Waals surface area contributed by atoms with Crippen LogP contribution in [0.4, 0.5) is 0 Å². The van der Waals surface area contributed by atoms with Gasteiger partial charge in [-0.2, -0.15) is 0 Å². The number of rotatable bonds is 7. The minimum Gasteiger partial charge on any atom is -0.374 e. The second-order valence-electron chi connectivity index (χ2n) is 6.18. The maximum atomic E-state index is 6.02. The monoisotopic (exact) mass is 254 g/mol. The smallest absolute Gasteiger partial charge is 0.0855 e. The molecule has 0 aromatic rings. The van der Waals surface area contributed by atoms with E-state index in [-0.39, 0.29) is 0 Å². The van der Waals surface area contributed by atoms with Crippen molar-refractivity contribution in [2.24, 2.45) is 5.92 Å². The van der Waals surface area contributed by atoms with Crippen molar-refractivity contribution in [1.82, 2.24) is 10.2 Å². The Hall–Kier alpha value is -0.120. The van der Waals surface area contributed by atoms with E-state index in [4.69, 9.17) is 4.74 Å². The third kappa shape index (κ3) is 4.22. The molecule has 2 aliphatic rings. The molecular weight excluding hydrogens is 224 g/mol. The van der Waals surface area contributed by atoms with Crippen LogP contribution in [0.15, 0.2) is 0 Å². The van der Waals surface area contributed by atoms with E-state index < -0.39 is 0 Å². The summed E-state index contributed by atoms with van der Waals surface area (Å²) in [7, 11) is 0. The number of nitrogens with one attached hydrogen (secondary N) is 1. The van der Waals surface area contributed by atoms with Crippen LogP contribution in [-0.2, 0) is 4.74 Å². The summed E-state index contributed by atoms with van der Waals surface area (Å²) in [5.74, 6) is 1.02. The number of hydrogen-bond donors (Lipinski definition) is 1. The van der Waals surface area contributed by atoms with Crippen LogP contribution >= 0.6 is 0 Å². The van der Waals surface area contributed by atoms with Gasteiger partial charge in [0.05, 0.1) is 12.7 Å². The fraction of sp³-hybridized carbons (Fsp3) is 1.00. The molecule has 18 heavy (non-hydrogen) atoms. The lowest BCUT2D eigenvalue weighted by Gasteiger charge is -2.39. The van der Waals surface area contributed by atoms with Crippen molar-refractivity contribution in [1.29, 1.82) is 0 Å². The highest BCUT2D eigenvalue weighted by Crippen LogP contribution is 2.34. The molecule has 1 aliphatic carbocycles. The second kappa shape index (κ2) is 6.88. The maximum Gasteiger partial charge on any atom is 0.0855 e. The average molecular weight is 254 g/mol. The maximum absolute atomic E-state index is 6.02. The number of ether oxygens (including phenoxy) is 1. The zero-order valence-corrected chi connectivity index (χ0v) is 12.3. The van der Waals surface area contributed by atoms with Crippen LogP contribution in [0.1, 0.15) is 46.5 Å². The van der Waals surface area contributed by atoms with E-state index >= 15 is 0 Å². The number of morpholine rings is 1. The summed E-state index contributed by atoms with van der Waals surface area (Å²) in [4.78, 5) is 2.55. The van der Waals surface area contributed by atoms with Gasteiger partial charge in [-0.3, -0.25) is 4.90 Å². The van der Waals surface area contributed by atoms with Crippen molar-refractivity contribution in [2.75, 3.05) is 26.2 Å². The van der Waals surface area contributed by atoms with Gasteiger partial charge in [0.2, 0.25) is 0 Å². The first-order chi connectivity index (χ1) is 8.70. The van der Waals surface area contributed by atoms with Crippen LogP contribution in [0.5, 0.6) is 0 Å². The van der Waals surface area contributed by atoms with Gasteiger partial charge in [-0.05, 0) is 39.2 Å². The fourth-order valence-corrected chi connectivity index (χ4v) is 2.91. The van der Waals surface area contributed by atoms with E-state index in [0.29, 0.717) is 18.2 Å². The van der Waals surface area contributed by atoms with Gasteiger partial charge >= 0.3 is 0 Å². The molecule has 1 saturated carbocycles. The van der Waals surface area contributed by atoms with Gasteiger partial charge in [0, 0.05) is 25.2 Å². The number of hydrogen-bond acceptors (Lipinski definition) is 3. The normalized spacial score (nSPS) is 27.7. The Kier molecular flexibility index (Phi) is 5.46. The molecule has 0 aromatic carbocycles. The van der Waals surface area contributed by atoms with E-state index in [1.54, 1.807) is 0 Å². The highest BCUT2D eigenvalue weighted by atomic mass is 16.5. The quantitative estimate of drug-likeness (QED) is 0.754. The minimum atomic E-state index is 0.389. The molecule has 2 atom stereocenters. The van der Waals surface area contributed by atoms with Crippen LogP contribution in [0.25, 0.3) is 0 Å². The Morgan fingerprint density at radius 1 is 1.33 bits per heavy atom. The van der Waals surface area contributed by atoms with Gasteiger partial charge in [0.15, 0.2) is 0 Å². The molecule has 3 nitrogen and oxygen atoms in total. The van der Waals surface area contributed by atoms with Gasteiger partial charge in [-0.25, -0.2) is 0 Å². The second-order valence-corrected chi connectivity index (χ2v) is 6.18. The van der Waals surface area contributed by atoms with Crippen molar-refractivity contribution in [2.45, 2.75) is 64.6 Å². The molecule has 1 saturated heterocycles. The Morgan fingerprint density at radius 2 is 2.11 bits per heavy atom. The first-order valence-corrected chi connectivity index (χ1v) is 7.79. The molecule has 0 amide bonds. The topological polar surface area (TPSA) is 24.5 Å². The lowest BCUT2D eigenvalue weighted by molar-refractivity contribution is -0.0567. The van der Waals surface area contributed by atoms with Gasteiger partial charge < -0.3 is 10.1 Å². The van der Waals surface area contributed by atoms with Crippen LogP contribution in [0.3, 0.4) is 0 Å². The fourth-order valence-electron chi connectivity index (χ4n) is 2.91. The Bertz CT molecular complexity index is 239. The van der Waals surface area contributed by atoms with E-state index in [9.17, 15) is 0 Å². The summed E-state index contributed by atoms with van der Waals surface area (Å²) in [6.07, 6.45) is 5.99. The lowest BCUT2D eigenvalue weighted by atomic mass is 10.0. The molecule has 0 spiro atoms. The number of nitrogens with zero attached hydrogens (tertiary/aromatic N) is 1. The minimum absolute atomic E-state index is 0.389. The van der Waals surface area contributed by atoms with Crippen molar-refractivity contribution in [3.05, 3.63) is 0 Å². The summed E-state index contributed by atoms with van der Waals surface area (Å²) < 4.78 is 6.02. The molecule has 0 bridgehead atoms. The molecule has 1 N–H and O–H groups in total. The Morgan fingerprint density at radius 3 is 2.72 bits per heavy atom. The molecule has 2 fully saturated rings. The zero-order chi connectivity index (χ0) is 13.0. The first kappa shape index (κ1) is 14.3. The van der Waals surface area contributed by atoms with Crippen molar-refractivity contribution in [3.8, 4) is 0 Å². The predicted molar refractivity (Wildman–Crippen MR) is 75.9 cm³/mol. The largest absolute Gasteiger partial charge is 0.374 e. The molecule has 0 radical (unpaired) electrons. The molecule has 3 heteroatoms. The molecule has 106 valence electrons. The van der Waals surface area contributed by atoms with E-state index in [0.717, 1.165) is 32.2 Å². The molecule has 1 heterocycles. The van der Waals surface area contributed by atoms with Crippen molar-refractivity contribution >= 4 is 0 Å². The summed E-state index contributed by atoms with van der Waals surface area (Å²) in [5, 5.41) is 3.64. The van der Waals surface area contributed by atoms with E-state index in [1.165, 1.54) is 25.7 Å². The highest BCUT2D eigenvalue weighted by molar-refractivity contribution is 4.86. The van der Waals surface area contributed by atoms with Crippen LogP contribution < -0.4 is 5.32 Å². The van der Waals surface area contributed by atoms with Crippen LogP contribution in [0, 0.1) is 5.92 Å². The first-order valence-electron chi connectivity index (χ1n) is 7.79. The molecule has 1 aliphatic heterocycles. The highest BCUT2D eigenvalue weighted by Gasteiger charge is 2.30. The molecular formula is C15H30N2O. The lowest BCUT2D eigenvalue weighted by Crippen LogP contribution is -2.53. The summed E-state index contributed by atoms with van der Waals surface area (Å²) in [5.41, 5.74) is 0. The van der Waals surface area contributed by atoms with Gasteiger partial charge in [0.1, 0.15) is 0 Å². The average Bonchev–Trinajstić information content (AvgIpc) is 3.18. The summed E-state index contributed by atoms with van der Waals surface area (Å²) in [6.45, 7) is 10.9. The van der Waals surface area contributed by atoms with Gasteiger partial charge in [-0.15, -0.1) is 0 Å². The summed E-state index contributed by atoms with van der Waals surface area (Å²) >= 11 is 0. The number of likely N-dealkylation sites (N-methyl/N-ethyl adjacent to an activating group) is 1. The van der Waals surface area contributed by atoms with Gasteiger partial charge in [0.25, 0.3) is 0 Å².